The van der Waals surface area contributed by atoms with Gasteiger partial charge in [-0.05, 0) is 69.1 Å². The molecule has 7 rings (SSSR count). The van der Waals surface area contributed by atoms with E-state index in [9.17, 15) is 0 Å². The maximum atomic E-state index is 3.79. The molecule has 1 N–H and O–H groups in total. The van der Waals surface area contributed by atoms with Gasteiger partial charge in [0.15, 0.2) is 0 Å². The van der Waals surface area contributed by atoms with Crippen molar-refractivity contribution in [1.29, 1.82) is 0 Å². The predicted octanol–water partition coefficient (Wildman–Crippen LogP) is 11.1. The van der Waals surface area contributed by atoms with E-state index < -0.39 is 0 Å². The second kappa shape index (κ2) is 8.56. The molecule has 0 spiro atoms. The van der Waals surface area contributed by atoms with Crippen LogP contribution in [0.5, 0.6) is 0 Å². The van der Waals surface area contributed by atoms with Crippen LogP contribution in [-0.2, 0) is 10.8 Å². The molecular weight excluding hydrogens is 490 g/mol. The lowest BCUT2D eigenvalue weighted by Crippen LogP contribution is -2.17. The van der Waals surface area contributed by atoms with Crippen LogP contribution in [0.25, 0.3) is 42.4 Å². The van der Waals surface area contributed by atoms with Gasteiger partial charge < -0.3 is 5.32 Å². The van der Waals surface area contributed by atoms with E-state index in [-0.39, 0.29) is 10.8 Å². The van der Waals surface area contributed by atoms with Crippen molar-refractivity contribution in [2.24, 2.45) is 0 Å². The van der Waals surface area contributed by atoms with Crippen LogP contribution in [0.3, 0.4) is 0 Å². The summed E-state index contributed by atoms with van der Waals surface area (Å²) in [5.41, 5.74) is 11.8. The van der Waals surface area contributed by atoms with E-state index >= 15 is 0 Å². The summed E-state index contributed by atoms with van der Waals surface area (Å²) >= 11 is 1.86. The van der Waals surface area contributed by atoms with E-state index in [4.69, 9.17) is 0 Å². The lowest BCUT2D eigenvalue weighted by Gasteiger charge is -2.25. The van der Waals surface area contributed by atoms with Crippen molar-refractivity contribution < 1.29 is 0 Å². The van der Waals surface area contributed by atoms with Gasteiger partial charge in [0.1, 0.15) is 0 Å². The summed E-state index contributed by atoms with van der Waals surface area (Å²) in [5, 5.41) is 6.42. The van der Waals surface area contributed by atoms with E-state index in [1.54, 1.807) is 0 Å². The first kappa shape index (κ1) is 24.2. The standard InChI is InChI=1S/C37H33NS/c1-36(2,3)23-17-19-28-31(21-23)37(4,5)30-14-10-13-27(35(28)30)25-11-6-8-15-32(25)38-24-18-20-34-29(22-24)26-12-7-9-16-33(26)39-34/h6-22,38H,1-5H3. The first-order valence-corrected chi connectivity index (χ1v) is 14.6. The Bertz CT molecular complexity index is 1900. The van der Waals surface area contributed by atoms with Crippen LogP contribution >= 0.6 is 11.3 Å². The van der Waals surface area contributed by atoms with E-state index in [2.05, 4.69) is 143 Å². The molecule has 0 radical (unpaired) electrons. The smallest absolute Gasteiger partial charge is 0.0464 e. The highest BCUT2D eigenvalue weighted by Crippen LogP contribution is 2.53. The molecule has 0 saturated heterocycles. The molecular formula is C37H33NS. The van der Waals surface area contributed by atoms with Crippen molar-refractivity contribution in [2.75, 3.05) is 5.32 Å². The fraction of sp³-hybridized carbons (Fsp3) is 0.189. The van der Waals surface area contributed by atoms with Gasteiger partial charge in [0.25, 0.3) is 0 Å². The normalized spacial score (nSPS) is 14.0. The highest BCUT2D eigenvalue weighted by molar-refractivity contribution is 7.25. The maximum absolute atomic E-state index is 3.79. The fourth-order valence-corrected chi connectivity index (χ4v) is 7.35. The average Bonchev–Trinajstić information content (AvgIpc) is 3.41. The number of hydrogen-bond acceptors (Lipinski definition) is 2. The fourth-order valence-electron chi connectivity index (χ4n) is 6.27. The van der Waals surface area contributed by atoms with Gasteiger partial charge in [-0.15, -0.1) is 11.3 Å². The number of thiophene rings is 1. The number of benzene rings is 5. The third-order valence-corrected chi connectivity index (χ3v) is 9.59. The van der Waals surface area contributed by atoms with Crippen LogP contribution < -0.4 is 5.32 Å². The largest absolute Gasteiger partial charge is 0.355 e. The van der Waals surface area contributed by atoms with Gasteiger partial charge in [0, 0.05) is 42.5 Å². The molecule has 2 heteroatoms. The zero-order valence-electron chi connectivity index (χ0n) is 23.2. The molecule has 1 aromatic heterocycles. The Morgan fingerprint density at radius 2 is 1.36 bits per heavy atom. The van der Waals surface area contributed by atoms with Gasteiger partial charge >= 0.3 is 0 Å². The maximum Gasteiger partial charge on any atom is 0.0464 e. The summed E-state index contributed by atoms with van der Waals surface area (Å²) in [6.07, 6.45) is 0. The van der Waals surface area contributed by atoms with Crippen molar-refractivity contribution in [3.8, 4) is 22.3 Å². The highest BCUT2D eigenvalue weighted by Gasteiger charge is 2.37. The molecule has 5 aromatic carbocycles. The summed E-state index contributed by atoms with van der Waals surface area (Å²) in [4.78, 5) is 0. The van der Waals surface area contributed by atoms with E-state index in [1.165, 1.54) is 59.1 Å². The number of fused-ring (bicyclic) bond motifs is 6. The van der Waals surface area contributed by atoms with Gasteiger partial charge in [-0.25, -0.2) is 0 Å². The van der Waals surface area contributed by atoms with Crippen LogP contribution in [0.4, 0.5) is 11.4 Å². The predicted molar refractivity (Wildman–Crippen MR) is 171 cm³/mol. The number of rotatable bonds is 3. The molecule has 0 fully saturated rings. The van der Waals surface area contributed by atoms with Crippen molar-refractivity contribution in [2.45, 2.75) is 45.4 Å². The first-order chi connectivity index (χ1) is 18.7. The lowest BCUT2D eigenvalue weighted by atomic mass is 9.79. The molecule has 1 heterocycles. The number of anilines is 2. The molecule has 0 amide bonds. The van der Waals surface area contributed by atoms with Gasteiger partial charge in [-0.3, -0.25) is 0 Å². The molecule has 0 bridgehead atoms. The Balaban J connectivity index is 1.36. The van der Waals surface area contributed by atoms with E-state index in [1.807, 2.05) is 11.3 Å². The Kier molecular flexibility index (Phi) is 5.31. The van der Waals surface area contributed by atoms with Crippen molar-refractivity contribution >= 4 is 42.9 Å². The Labute approximate surface area is 235 Å². The Morgan fingerprint density at radius 1 is 0.615 bits per heavy atom. The zero-order chi connectivity index (χ0) is 26.9. The molecule has 0 atom stereocenters. The van der Waals surface area contributed by atoms with E-state index in [0.717, 1.165) is 11.4 Å². The van der Waals surface area contributed by atoms with Gasteiger partial charge in [0.05, 0.1) is 0 Å². The second-order valence-corrected chi connectivity index (χ2v) is 13.4. The molecule has 0 saturated carbocycles. The molecule has 0 aliphatic heterocycles. The number of hydrogen-bond donors (Lipinski definition) is 1. The minimum atomic E-state index is -0.0463. The lowest BCUT2D eigenvalue weighted by molar-refractivity contribution is 0.584. The van der Waals surface area contributed by atoms with Crippen LogP contribution in [-0.4, -0.2) is 0 Å². The summed E-state index contributed by atoms with van der Waals surface area (Å²) in [6, 6.07) is 38.1. The highest BCUT2D eigenvalue weighted by atomic mass is 32.1. The summed E-state index contributed by atoms with van der Waals surface area (Å²) in [5.74, 6) is 0. The van der Waals surface area contributed by atoms with Crippen LogP contribution in [0.1, 0.15) is 51.3 Å². The molecule has 6 aromatic rings. The minimum Gasteiger partial charge on any atom is -0.355 e. The van der Waals surface area contributed by atoms with Crippen LogP contribution in [0, 0.1) is 0 Å². The van der Waals surface area contributed by atoms with Gasteiger partial charge in [-0.2, -0.15) is 0 Å². The number of para-hydroxylation sites is 1. The average molecular weight is 524 g/mol. The topological polar surface area (TPSA) is 12.0 Å². The second-order valence-electron chi connectivity index (χ2n) is 12.3. The summed E-state index contributed by atoms with van der Waals surface area (Å²) in [6.45, 7) is 11.6. The third-order valence-electron chi connectivity index (χ3n) is 8.44. The van der Waals surface area contributed by atoms with Crippen molar-refractivity contribution in [3.05, 3.63) is 120 Å². The summed E-state index contributed by atoms with van der Waals surface area (Å²) < 4.78 is 2.66. The van der Waals surface area contributed by atoms with Gasteiger partial charge in [-0.1, -0.05) is 107 Å². The quantitative estimate of drug-likeness (QED) is 0.243. The monoisotopic (exact) mass is 523 g/mol. The minimum absolute atomic E-state index is 0.0463. The molecule has 1 aliphatic carbocycles. The molecule has 1 nitrogen and oxygen atoms in total. The van der Waals surface area contributed by atoms with Crippen molar-refractivity contribution in [3.63, 3.8) is 0 Å². The molecule has 1 aliphatic rings. The zero-order valence-corrected chi connectivity index (χ0v) is 24.0. The molecule has 0 unspecified atom stereocenters. The first-order valence-electron chi connectivity index (χ1n) is 13.8. The molecule has 39 heavy (non-hydrogen) atoms. The van der Waals surface area contributed by atoms with Crippen molar-refractivity contribution in [1.82, 2.24) is 0 Å². The van der Waals surface area contributed by atoms with E-state index in [0.29, 0.717) is 0 Å². The Hall–Kier alpha value is -3.88. The van der Waals surface area contributed by atoms with Gasteiger partial charge in [0.2, 0.25) is 0 Å². The SMILES string of the molecule is CC(C)(C)c1ccc2c(c1)C(C)(C)c1cccc(-c3ccccc3Nc3ccc4sc5ccccc5c4c3)c1-2. The van der Waals surface area contributed by atoms with Crippen LogP contribution in [0.2, 0.25) is 0 Å². The number of nitrogens with one attached hydrogen (secondary N) is 1. The molecule has 192 valence electrons. The summed E-state index contributed by atoms with van der Waals surface area (Å²) in [7, 11) is 0. The van der Waals surface area contributed by atoms with Crippen LogP contribution in [0.15, 0.2) is 103 Å². The third kappa shape index (κ3) is 3.81. The Morgan fingerprint density at radius 3 is 2.21 bits per heavy atom.